The highest BCUT2D eigenvalue weighted by molar-refractivity contribution is 6.20. The first-order chi connectivity index (χ1) is 19.3. The maximum absolute atomic E-state index is 13.9. The van der Waals surface area contributed by atoms with Crippen molar-refractivity contribution in [1.29, 1.82) is 0 Å². The van der Waals surface area contributed by atoms with Crippen LogP contribution in [0.4, 0.5) is 11.4 Å². The molecular formula is C32H30ClN3O4. The van der Waals surface area contributed by atoms with Crippen LogP contribution in [0.2, 0.25) is 0 Å². The molecule has 7 nitrogen and oxygen atoms in total. The lowest BCUT2D eigenvalue weighted by Gasteiger charge is -2.19. The van der Waals surface area contributed by atoms with Crippen molar-refractivity contribution in [2.24, 2.45) is 0 Å². The molecule has 6 rings (SSSR count). The zero-order chi connectivity index (χ0) is 28.1. The van der Waals surface area contributed by atoms with Crippen LogP contribution in [0.15, 0.2) is 54.1 Å². The number of hydrogen-bond acceptors (Lipinski definition) is 5. The van der Waals surface area contributed by atoms with Gasteiger partial charge in [0.1, 0.15) is 5.75 Å². The van der Waals surface area contributed by atoms with Crippen molar-refractivity contribution in [2.45, 2.75) is 32.1 Å². The lowest BCUT2D eigenvalue weighted by molar-refractivity contribution is -0.115. The number of nitrogens with one attached hydrogen (secondary N) is 1. The van der Waals surface area contributed by atoms with Gasteiger partial charge in [-0.25, -0.2) is 4.79 Å². The lowest BCUT2D eigenvalue weighted by Crippen LogP contribution is -2.31. The minimum Gasteiger partial charge on any atom is -0.506 e. The number of fused-ring (bicyclic) bond motifs is 4. The predicted molar refractivity (Wildman–Crippen MR) is 158 cm³/mol. The summed E-state index contributed by atoms with van der Waals surface area (Å²) >= 11 is 6.40. The number of anilines is 2. The molecule has 4 aromatic rings. The molecule has 0 saturated heterocycles. The Morgan fingerprint density at radius 1 is 1.12 bits per heavy atom. The van der Waals surface area contributed by atoms with E-state index in [0.717, 1.165) is 35.2 Å². The normalized spacial score (nSPS) is 15.7. The van der Waals surface area contributed by atoms with Gasteiger partial charge in [0, 0.05) is 53.2 Å². The molecule has 1 aromatic heterocycles. The Morgan fingerprint density at radius 2 is 1.85 bits per heavy atom. The van der Waals surface area contributed by atoms with Crippen molar-refractivity contribution < 1.29 is 19.4 Å². The van der Waals surface area contributed by atoms with Crippen molar-refractivity contribution in [3.63, 3.8) is 0 Å². The minimum absolute atomic E-state index is 0.0329. The molecule has 1 aliphatic heterocycles. The van der Waals surface area contributed by atoms with Gasteiger partial charge in [-0.15, -0.1) is 11.6 Å². The second-order valence-corrected chi connectivity index (χ2v) is 10.9. The van der Waals surface area contributed by atoms with Gasteiger partial charge in [0.05, 0.1) is 23.9 Å². The molecule has 3 aromatic carbocycles. The Morgan fingerprint density at radius 3 is 2.58 bits per heavy atom. The quantitative estimate of drug-likeness (QED) is 0.162. The molecule has 4 N–H and O–H groups in total. The molecule has 1 aliphatic carbocycles. The maximum Gasteiger partial charge on any atom is 0.340 e. The van der Waals surface area contributed by atoms with Gasteiger partial charge in [-0.2, -0.15) is 0 Å². The summed E-state index contributed by atoms with van der Waals surface area (Å²) in [7, 11) is 1.33. The molecule has 0 radical (unpaired) electrons. The number of aromatic nitrogens is 1. The largest absolute Gasteiger partial charge is 0.506 e. The minimum atomic E-state index is -0.504. The van der Waals surface area contributed by atoms with Crippen LogP contribution in [-0.4, -0.2) is 41.5 Å². The average Bonchev–Trinajstić information content (AvgIpc) is 3.64. The highest BCUT2D eigenvalue weighted by atomic mass is 35.5. The van der Waals surface area contributed by atoms with E-state index in [2.05, 4.69) is 35.3 Å². The molecule has 8 heteroatoms. The van der Waals surface area contributed by atoms with Gasteiger partial charge in [-0.1, -0.05) is 30.3 Å². The molecule has 1 atom stereocenters. The van der Waals surface area contributed by atoms with Crippen LogP contribution in [0, 0.1) is 6.92 Å². The van der Waals surface area contributed by atoms with Crippen LogP contribution in [0.5, 0.6) is 5.75 Å². The van der Waals surface area contributed by atoms with E-state index in [9.17, 15) is 14.7 Å². The van der Waals surface area contributed by atoms with Crippen LogP contribution < -0.4 is 10.6 Å². The number of esters is 1. The fourth-order valence-corrected chi connectivity index (χ4v) is 6.29. The van der Waals surface area contributed by atoms with Gasteiger partial charge in [0.15, 0.2) is 0 Å². The maximum atomic E-state index is 13.9. The highest BCUT2D eigenvalue weighted by Crippen LogP contribution is 2.47. The number of carbonyl (C=O) groups excluding carboxylic acids is 2. The molecule has 2 heterocycles. The first-order valence-electron chi connectivity index (χ1n) is 13.3. The van der Waals surface area contributed by atoms with Crippen LogP contribution in [0.25, 0.3) is 17.0 Å². The molecular weight excluding hydrogens is 526 g/mol. The number of hydrogen-bond donors (Lipinski definition) is 3. The number of alkyl halides is 1. The molecule has 204 valence electrons. The zero-order valence-electron chi connectivity index (χ0n) is 22.4. The molecule has 40 heavy (non-hydrogen) atoms. The summed E-state index contributed by atoms with van der Waals surface area (Å²) in [5.41, 5.74) is 14.6. The van der Waals surface area contributed by atoms with Gasteiger partial charge >= 0.3 is 5.97 Å². The Hall–Kier alpha value is -4.23. The number of aromatic amines is 1. The predicted octanol–water partition coefficient (Wildman–Crippen LogP) is 5.64. The monoisotopic (exact) mass is 555 g/mol. The molecule has 1 amide bonds. The highest BCUT2D eigenvalue weighted by Gasteiger charge is 2.38. The molecule has 0 spiro atoms. The van der Waals surface area contributed by atoms with E-state index in [-0.39, 0.29) is 23.5 Å². The summed E-state index contributed by atoms with van der Waals surface area (Å²) in [6, 6.07) is 15.9. The third-order valence-corrected chi connectivity index (χ3v) is 8.44. The topological polar surface area (TPSA) is 109 Å². The Balaban J connectivity index is 1.30. The number of halogens is 1. The zero-order valence-corrected chi connectivity index (χ0v) is 23.1. The number of benzene rings is 3. The van der Waals surface area contributed by atoms with Gasteiger partial charge in [-0.3, -0.25) is 4.79 Å². The summed E-state index contributed by atoms with van der Waals surface area (Å²) in [4.78, 5) is 31.4. The van der Waals surface area contributed by atoms with Crippen molar-refractivity contribution in [1.82, 2.24) is 4.98 Å². The van der Waals surface area contributed by atoms with E-state index in [4.69, 9.17) is 22.1 Å². The molecule has 1 unspecified atom stereocenters. The molecule has 0 fully saturated rings. The first kappa shape index (κ1) is 26.0. The molecule has 0 saturated carbocycles. The van der Waals surface area contributed by atoms with Crippen molar-refractivity contribution in [2.75, 3.05) is 30.2 Å². The van der Waals surface area contributed by atoms with Crippen molar-refractivity contribution in [3.8, 4) is 5.75 Å². The summed E-state index contributed by atoms with van der Waals surface area (Å²) < 4.78 is 5.03. The number of methoxy groups -OCH3 is 1. The van der Waals surface area contributed by atoms with E-state index < -0.39 is 5.97 Å². The summed E-state index contributed by atoms with van der Waals surface area (Å²) in [5.74, 6) is -0.603. The fraction of sp³-hybridized carbons (Fsp3) is 0.250. The number of phenolic OH excluding ortho intramolecular Hbond substituents is 1. The number of nitrogens with zero attached hydrogens (tertiary/aromatic N) is 1. The van der Waals surface area contributed by atoms with Crippen molar-refractivity contribution >= 4 is 51.8 Å². The van der Waals surface area contributed by atoms with Crippen LogP contribution in [0.1, 0.15) is 49.8 Å². The van der Waals surface area contributed by atoms with Gasteiger partial charge < -0.3 is 25.5 Å². The number of rotatable bonds is 6. The molecule has 2 aliphatic rings. The van der Waals surface area contributed by atoms with Crippen LogP contribution >= 0.6 is 11.6 Å². The molecule has 0 bridgehead atoms. The SMILES string of the molecule is COC(=O)c1c(C)[nH]c2c(O)cc3c(c12)C(CCl)CN3C(=O)C1=Cc2cc(CCc3ccc(N)cc3)ccc2C1. The third-order valence-electron chi connectivity index (χ3n) is 8.06. The number of phenols is 1. The second-order valence-electron chi connectivity index (χ2n) is 10.6. The number of ether oxygens (including phenoxy) is 1. The van der Waals surface area contributed by atoms with Gasteiger partial charge in [-0.05, 0) is 65.8 Å². The van der Waals surface area contributed by atoms with E-state index >= 15 is 0 Å². The van der Waals surface area contributed by atoms with Crippen molar-refractivity contribution in [3.05, 3.63) is 93.2 Å². The number of amides is 1. The van der Waals surface area contributed by atoms with E-state index in [1.165, 1.54) is 18.2 Å². The number of nitrogen functional groups attached to an aromatic ring is 1. The third kappa shape index (κ3) is 4.31. The Bertz CT molecular complexity index is 1700. The Kier molecular flexibility index (Phi) is 6.55. The summed E-state index contributed by atoms with van der Waals surface area (Å²) in [5, 5.41) is 11.5. The number of nitrogens with two attached hydrogens (primary N) is 1. The number of H-pyrrole nitrogens is 1. The summed E-state index contributed by atoms with van der Waals surface area (Å²) in [6.07, 6.45) is 4.30. The van der Waals surface area contributed by atoms with Gasteiger partial charge in [0.25, 0.3) is 5.91 Å². The van der Waals surface area contributed by atoms with E-state index in [1.54, 1.807) is 17.9 Å². The number of aryl methyl sites for hydroxylation is 3. The number of aromatic hydroxyl groups is 1. The first-order valence-corrected chi connectivity index (χ1v) is 13.8. The number of carbonyl (C=O) groups is 2. The Labute approximate surface area is 237 Å². The standard InChI is InChI=1S/C32H30ClN3O4/c1-17-27(32(39)40-2)29-28-23(15-33)16-36(25(28)14-26(37)30(29)35-17)31(38)22-12-20-8-5-19(11-21(20)13-22)4-3-18-6-9-24(34)10-7-18/h5-11,13-14,23,35,37H,3-4,12,15-16,34H2,1-2H3. The van der Waals surface area contributed by atoms with E-state index in [0.29, 0.717) is 46.4 Å². The summed E-state index contributed by atoms with van der Waals surface area (Å²) in [6.45, 7) is 2.12. The van der Waals surface area contributed by atoms with Crippen LogP contribution in [-0.2, 0) is 28.8 Å². The smallest absolute Gasteiger partial charge is 0.340 e. The van der Waals surface area contributed by atoms with Crippen LogP contribution in [0.3, 0.4) is 0 Å². The second kappa shape index (κ2) is 10.1. The fourth-order valence-electron chi connectivity index (χ4n) is 6.04. The van der Waals surface area contributed by atoms with Gasteiger partial charge in [0.2, 0.25) is 0 Å². The average molecular weight is 556 g/mol. The van der Waals surface area contributed by atoms with E-state index in [1.807, 2.05) is 18.2 Å². The lowest BCUT2D eigenvalue weighted by atomic mass is 9.95.